The Morgan fingerprint density at radius 2 is 2.12 bits per heavy atom. The molecule has 180 valence electrons. The van der Waals surface area contributed by atoms with E-state index in [2.05, 4.69) is 15.2 Å². The number of fused-ring (bicyclic) bond motifs is 1. The predicted molar refractivity (Wildman–Crippen MR) is 127 cm³/mol. The summed E-state index contributed by atoms with van der Waals surface area (Å²) in [4.78, 5) is 23.3. The summed E-state index contributed by atoms with van der Waals surface area (Å²) in [6.07, 6.45) is 1.41. The van der Waals surface area contributed by atoms with Crippen LogP contribution in [0.3, 0.4) is 0 Å². The summed E-state index contributed by atoms with van der Waals surface area (Å²) in [5, 5.41) is 14.0. The first kappa shape index (κ1) is 23.7. The van der Waals surface area contributed by atoms with Crippen LogP contribution in [-0.2, 0) is 9.47 Å². The van der Waals surface area contributed by atoms with Crippen molar-refractivity contribution in [2.45, 2.75) is 19.8 Å². The van der Waals surface area contributed by atoms with Gasteiger partial charge in [-0.1, -0.05) is 12.1 Å². The second kappa shape index (κ2) is 10.6. The lowest BCUT2D eigenvalue weighted by molar-refractivity contribution is 0.0976. The number of aryl methyl sites for hydroxylation is 1. The van der Waals surface area contributed by atoms with Crippen molar-refractivity contribution < 1.29 is 23.8 Å². The largest absolute Gasteiger partial charge is 0.507 e. The molecule has 1 unspecified atom stereocenters. The van der Waals surface area contributed by atoms with E-state index in [1.54, 1.807) is 7.11 Å². The van der Waals surface area contributed by atoms with E-state index in [1.165, 1.54) is 18.2 Å². The number of ether oxygens (including phenoxy) is 2. The lowest BCUT2D eigenvalue weighted by Crippen LogP contribution is -2.41. The second-order valence-electron chi connectivity index (χ2n) is 8.49. The number of halogens is 1. The summed E-state index contributed by atoms with van der Waals surface area (Å²) in [5.74, 6) is 0.251. The number of alkyl carbamates (subject to hydrolysis) is 1. The maximum absolute atomic E-state index is 14.6. The van der Waals surface area contributed by atoms with Crippen LogP contribution in [0, 0.1) is 18.7 Å². The van der Waals surface area contributed by atoms with Crippen molar-refractivity contribution >= 4 is 22.8 Å². The van der Waals surface area contributed by atoms with Gasteiger partial charge in [-0.15, -0.1) is 0 Å². The molecule has 0 bridgehead atoms. The highest BCUT2D eigenvalue weighted by Gasteiger charge is 2.25. The number of anilines is 1. The van der Waals surface area contributed by atoms with E-state index < -0.39 is 11.9 Å². The molecule has 0 aliphatic carbocycles. The molecule has 1 aromatic heterocycles. The molecule has 3 aromatic rings. The van der Waals surface area contributed by atoms with E-state index in [9.17, 15) is 14.3 Å². The van der Waals surface area contributed by atoms with Gasteiger partial charge in [-0.25, -0.2) is 19.2 Å². The van der Waals surface area contributed by atoms with Gasteiger partial charge in [0.2, 0.25) is 0 Å². The van der Waals surface area contributed by atoms with Gasteiger partial charge in [-0.2, -0.15) is 0 Å². The number of aromatic hydroxyl groups is 1. The molecule has 2 heterocycles. The average molecular weight is 469 g/mol. The summed E-state index contributed by atoms with van der Waals surface area (Å²) >= 11 is 0. The highest BCUT2D eigenvalue weighted by molar-refractivity contribution is 5.92. The lowest BCUT2D eigenvalue weighted by Gasteiger charge is -2.34. The van der Waals surface area contributed by atoms with Crippen LogP contribution in [0.2, 0.25) is 0 Å². The normalized spacial score (nSPS) is 16.0. The zero-order chi connectivity index (χ0) is 24.1. The van der Waals surface area contributed by atoms with Crippen molar-refractivity contribution in [3.8, 4) is 17.1 Å². The number of amides is 1. The Morgan fingerprint density at radius 1 is 1.26 bits per heavy atom. The van der Waals surface area contributed by atoms with Crippen molar-refractivity contribution in [3.05, 3.63) is 47.8 Å². The number of aromatic nitrogens is 2. The van der Waals surface area contributed by atoms with Crippen molar-refractivity contribution in [2.75, 3.05) is 44.9 Å². The van der Waals surface area contributed by atoms with E-state index in [1.807, 2.05) is 25.1 Å². The molecular weight excluding hydrogens is 439 g/mol. The first-order valence-electron chi connectivity index (χ1n) is 11.4. The summed E-state index contributed by atoms with van der Waals surface area (Å²) in [6.45, 7) is 4.45. The number of phenols is 1. The van der Waals surface area contributed by atoms with Crippen LogP contribution in [0.25, 0.3) is 22.3 Å². The molecule has 0 saturated carbocycles. The van der Waals surface area contributed by atoms with Gasteiger partial charge in [0, 0.05) is 32.1 Å². The molecule has 8 nitrogen and oxygen atoms in total. The number of phenolic OH excluding ortho intramolecular Hbond substituents is 1. The molecule has 0 radical (unpaired) electrons. The van der Waals surface area contributed by atoms with Crippen LogP contribution < -0.4 is 10.2 Å². The number of rotatable bonds is 7. The SMILES string of the molecule is COCCOC(=O)NCC1CCCN(c2nc(-c3c(O)cccc3F)nc3cc(C)ccc23)C1. The molecule has 1 atom stereocenters. The number of piperidine rings is 1. The van der Waals surface area contributed by atoms with Gasteiger partial charge < -0.3 is 24.8 Å². The quantitative estimate of drug-likeness (QED) is 0.505. The van der Waals surface area contributed by atoms with Crippen LogP contribution in [0.15, 0.2) is 36.4 Å². The second-order valence-corrected chi connectivity index (χ2v) is 8.49. The third kappa shape index (κ3) is 5.36. The first-order valence-corrected chi connectivity index (χ1v) is 11.4. The number of hydrogen-bond acceptors (Lipinski definition) is 7. The third-order valence-electron chi connectivity index (χ3n) is 5.92. The van der Waals surface area contributed by atoms with Crippen molar-refractivity contribution in [1.82, 2.24) is 15.3 Å². The van der Waals surface area contributed by atoms with Crippen LogP contribution >= 0.6 is 0 Å². The fourth-order valence-electron chi connectivity index (χ4n) is 4.23. The van der Waals surface area contributed by atoms with Gasteiger partial charge >= 0.3 is 6.09 Å². The van der Waals surface area contributed by atoms with Crippen LogP contribution in [0.4, 0.5) is 15.0 Å². The van der Waals surface area contributed by atoms with E-state index >= 15 is 0 Å². The number of carbonyl (C=O) groups is 1. The van der Waals surface area contributed by atoms with Crippen LogP contribution in [0.1, 0.15) is 18.4 Å². The van der Waals surface area contributed by atoms with E-state index in [0.29, 0.717) is 31.0 Å². The molecule has 1 saturated heterocycles. The summed E-state index contributed by atoms with van der Waals surface area (Å²) in [5.41, 5.74) is 1.69. The average Bonchev–Trinajstić information content (AvgIpc) is 2.82. The minimum absolute atomic E-state index is 0.0128. The fourth-order valence-corrected chi connectivity index (χ4v) is 4.23. The van der Waals surface area contributed by atoms with Crippen LogP contribution in [-0.4, -0.2) is 61.1 Å². The molecule has 34 heavy (non-hydrogen) atoms. The van der Waals surface area contributed by atoms with E-state index in [0.717, 1.165) is 30.3 Å². The van der Waals surface area contributed by atoms with Gasteiger partial charge in [0.05, 0.1) is 17.7 Å². The monoisotopic (exact) mass is 468 g/mol. The molecule has 1 aliphatic heterocycles. The number of carbonyl (C=O) groups excluding carboxylic acids is 1. The predicted octanol–water partition coefficient (Wildman–Crippen LogP) is 4.04. The highest BCUT2D eigenvalue weighted by Crippen LogP contribution is 2.35. The van der Waals surface area contributed by atoms with Gasteiger partial charge in [-0.05, 0) is 55.5 Å². The number of nitrogens with zero attached hydrogens (tertiary/aromatic N) is 3. The molecule has 2 N–H and O–H groups in total. The number of methoxy groups -OCH3 is 1. The number of hydrogen-bond donors (Lipinski definition) is 2. The Bertz CT molecular complexity index is 1150. The Balaban J connectivity index is 1.61. The zero-order valence-electron chi connectivity index (χ0n) is 19.4. The molecule has 4 rings (SSSR count). The van der Waals surface area contributed by atoms with Crippen molar-refractivity contribution in [3.63, 3.8) is 0 Å². The van der Waals surface area contributed by atoms with E-state index in [4.69, 9.17) is 14.5 Å². The molecule has 1 aliphatic rings. The standard InChI is InChI=1S/C25H29FN4O4/c1-16-8-9-18-20(13-16)28-23(22-19(26)6-3-7-21(22)31)29-24(18)30-10-4-5-17(15-30)14-27-25(32)34-12-11-33-2/h3,6-9,13,17,31H,4-5,10-12,14-15H2,1-2H3,(H,27,32). The molecule has 1 fully saturated rings. The lowest BCUT2D eigenvalue weighted by atomic mass is 9.97. The Morgan fingerprint density at radius 3 is 2.91 bits per heavy atom. The van der Waals surface area contributed by atoms with Gasteiger partial charge in [0.15, 0.2) is 5.82 Å². The third-order valence-corrected chi connectivity index (χ3v) is 5.92. The minimum atomic E-state index is -0.578. The zero-order valence-corrected chi connectivity index (χ0v) is 19.4. The smallest absolute Gasteiger partial charge is 0.407 e. The Kier molecular flexibility index (Phi) is 7.42. The van der Waals surface area contributed by atoms with Crippen LogP contribution in [0.5, 0.6) is 5.75 Å². The number of nitrogens with one attached hydrogen (secondary N) is 1. The first-order chi connectivity index (χ1) is 16.5. The maximum atomic E-state index is 14.6. The Labute approximate surface area is 197 Å². The number of benzene rings is 2. The summed E-state index contributed by atoms with van der Waals surface area (Å²) in [6, 6.07) is 10.1. The minimum Gasteiger partial charge on any atom is -0.507 e. The van der Waals surface area contributed by atoms with Crippen molar-refractivity contribution in [1.29, 1.82) is 0 Å². The topological polar surface area (TPSA) is 96.8 Å². The molecule has 1 amide bonds. The summed E-state index contributed by atoms with van der Waals surface area (Å²) in [7, 11) is 1.55. The Hall–Kier alpha value is -3.46. The van der Waals surface area contributed by atoms with Gasteiger partial charge in [-0.3, -0.25) is 0 Å². The maximum Gasteiger partial charge on any atom is 0.407 e. The molecule has 2 aromatic carbocycles. The van der Waals surface area contributed by atoms with Gasteiger partial charge in [0.1, 0.15) is 24.0 Å². The van der Waals surface area contributed by atoms with E-state index in [-0.39, 0.29) is 29.7 Å². The molecule has 9 heteroatoms. The van der Waals surface area contributed by atoms with Crippen molar-refractivity contribution in [2.24, 2.45) is 5.92 Å². The fraction of sp³-hybridized carbons (Fsp3) is 0.400. The molecular formula is C25H29FN4O4. The summed E-state index contributed by atoms with van der Waals surface area (Å²) < 4.78 is 24.6. The molecule has 0 spiro atoms. The highest BCUT2D eigenvalue weighted by atomic mass is 19.1. The van der Waals surface area contributed by atoms with Gasteiger partial charge in [0.25, 0.3) is 0 Å².